The first-order chi connectivity index (χ1) is 11.5. The van der Waals surface area contributed by atoms with Gasteiger partial charge in [-0.15, -0.1) is 0 Å². The van der Waals surface area contributed by atoms with Gasteiger partial charge in [0.15, 0.2) is 0 Å². The highest BCUT2D eigenvalue weighted by Crippen LogP contribution is 2.23. The monoisotopic (exact) mass is 331 g/mol. The van der Waals surface area contributed by atoms with Gasteiger partial charge in [0.05, 0.1) is 11.7 Å². The maximum absolute atomic E-state index is 14.3. The Bertz CT molecular complexity index is 723. The van der Waals surface area contributed by atoms with Crippen molar-refractivity contribution in [2.24, 2.45) is 0 Å². The predicted octanol–water partition coefficient (Wildman–Crippen LogP) is 3.67. The average molecular weight is 331 g/mol. The largest absolute Gasteiger partial charge is 0.393 e. The molecule has 1 saturated carbocycles. The first-order valence-electron chi connectivity index (χ1n) is 8.07. The van der Waals surface area contributed by atoms with Crippen LogP contribution in [0.3, 0.4) is 0 Å². The van der Waals surface area contributed by atoms with Crippen LogP contribution in [0.25, 0.3) is 11.1 Å². The van der Waals surface area contributed by atoms with Crippen LogP contribution in [-0.4, -0.2) is 23.2 Å². The molecule has 0 aromatic heterocycles. The highest BCUT2D eigenvalue weighted by atomic mass is 19.1. The van der Waals surface area contributed by atoms with E-state index in [1.54, 1.807) is 18.2 Å². The van der Waals surface area contributed by atoms with E-state index in [2.05, 4.69) is 5.32 Å². The SMILES string of the molecule is O=C(NC1CCC(O)CC1)c1ccc(-c2ccc(F)cc2)cc1F. The Labute approximate surface area is 139 Å². The zero-order chi connectivity index (χ0) is 17.1. The number of aliphatic hydroxyl groups excluding tert-OH is 1. The van der Waals surface area contributed by atoms with E-state index >= 15 is 0 Å². The molecule has 0 saturated heterocycles. The maximum Gasteiger partial charge on any atom is 0.254 e. The van der Waals surface area contributed by atoms with Crippen molar-refractivity contribution < 1.29 is 18.7 Å². The van der Waals surface area contributed by atoms with E-state index in [9.17, 15) is 18.7 Å². The third-order valence-electron chi connectivity index (χ3n) is 4.42. The Balaban J connectivity index is 1.72. The van der Waals surface area contributed by atoms with Crippen LogP contribution in [-0.2, 0) is 0 Å². The summed E-state index contributed by atoms with van der Waals surface area (Å²) in [6.07, 6.45) is 2.39. The number of aliphatic hydroxyl groups is 1. The highest BCUT2D eigenvalue weighted by Gasteiger charge is 2.22. The van der Waals surface area contributed by atoms with Crippen molar-refractivity contribution >= 4 is 5.91 Å². The van der Waals surface area contributed by atoms with E-state index < -0.39 is 11.7 Å². The van der Waals surface area contributed by atoms with E-state index in [0.717, 1.165) is 0 Å². The fourth-order valence-corrected chi connectivity index (χ4v) is 3.00. The van der Waals surface area contributed by atoms with Crippen LogP contribution in [0.4, 0.5) is 8.78 Å². The number of nitrogens with one attached hydrogen (secondary N) is 1. The van der Waals surface area contributed by atoms with Crippen molar-refractivity contribution in [1.82, 2.24) is 5.32 Å². The second-order valence-corrected chi connectivity index (χ2v) is 6.18. The summed E-state index contributed by atoms with van der Waals surface area (Å²) in [7, 11) is 0. The molecule has 2 N–H and O–H groups in total. The maximum atomic E-state index is 14.3. The van der Waals surface area contributed by atoms with Crippen LogP contribution < -0.4 is 5.32 Å². The Morgan fingerprint density at radius 2 is 1.58 bits per heavy atom. The molecular weight excluding hydrogens is 312 g/mol. The van der Waals surface area contributed by atoms with E-state index in [4.69, 9.17) is 0 Å². The average Bonchev–Trinajstić information content (AvgIpc) is 2.57. The topological polar surface area (TPSA) is 49.3 Å². The molecule has 5 heteroatoms. The van der Waals surface area contributed by atoms with Crippen LogP contribution >= 0.6 is 0 Å². The van der Waals surface area contributed by atoms with E-state index in [0.29, 0.717) is 36.8 Å². The van der Waals surface area contributed by atoms with Gasteiger partial charge in [-0.1, -0.05) is 18.2 Å². The molecule has 0 unspecified atom stereocenters. The lowest BCUT2D eigenvalue weighted by molar-refractivity contribution is 0.0864. The third kappa shape index (κ3) is 3.79. The number of hydrogen-bond acceptors (Lipinski definition) is 2. The highest BCUT2D eigenvalue weighted by molar-refractivity contribution is 5.95. The number of carbonyl (C=O) groups excluding carboxylic acids is 1. The molecule has 2 aromatic rings. The molecule has 0 radical (unpaired) electrons. The van der Waals surface area contributed by atoms with E-state index in [1.165, 1.54) is 24.3 Å². The van der Waals surface area contributed by atoms with Gasteiger partial charge in [-0.3, -0.25) is 4.79 Å². The van der Waals surface area contributed by atoms with Crippen molar-refractivity contribution in [3.8, 4) is 11.1 Å². The first-order valence-corrected chi connectivity index (χ1v) is 8.07. The molecule has 2 aromatic carbocycles. The lowest BCUT2D eigenvalue weighted by atomic mass is 9.93. The molecule has 3 nitrogen and oxygen atoms in total. The number of hydrogen-bond donors (Lipinski definition) is 2. The minimum Gasteiger partial charge on any atom is -0.393 e. The fraction of sp³-hybridized carbons (Fsp3) is 0.316. The van der Waals surface area contributed by atoms with Gasteiger partial charge in [0.2, 0.25) is 0 Å². The van der Waals surface area contributed by atoms with Gasteiger partial charge in [-0.05, 0) is 61.1 Å². The van der Waals surface area contributed by atoms with Crippen molar-refractivity contribution in [2.45, 2.75) is 37.8 Å². The number of benzene rings is 2. The van der Waals surface area contributed by atoms with Crippen LogP contribution in [0.2, 0.25) is 0 Å². The predicted molar refractivity (Wildman–Crippen MR) is 87.5 cm³/mol. The summed E-state index contributed by atoms with van der Waals surface area (Å²) in [6, 6.07) is 10.1. The van der Waals surface area contributed by atoms with Crippen LogP contribution in [0.5, 0.6) is 0 Å². The van der Waals surface area contributed by atoms with Gasteiger partial charge in [-0.25, -0.2) is 8.78 Å². The molecule has 0 spiro atoms. The van der Waals surface area contributed by atoms with Gasteiger partial charge < -0.3 is 10.4 Å². The second-order valence-electron chi connectivity index (χ2n) is 6.18. The second kappa shape index (κ2) is 7.09. The normalized spacial score (nSPS) is 20.6. The van der Waals surface area contributed by atoms with Crippen molar-refractivity contribution in [1.29, 1.82) is 0 Å². The molecule has 0 aliphatic heterocycles. The summed E-state index contributed by atoms with van der Waals surface area (Å²) in [4.78, 5) is 12.2. The molecule has 1 aliphatic rings. The molecule has 126 valence electrons. The smallest absolute Gasteiger partial charge is 0.254 e. The standard InChI is InChI=1S/C19H19F2NO2/c20-14-4-1-12(2-5-14)13-3-10-17(18(21)11-13)19(24)22-15-6-8-16(23)9-7-15/h1-5,10-11,15-16,23H,6-9H2,(H,22,24). The number of rotatable bonds is 3. The van der Waals surface area contributed by atoms with Crippen molar-refractivity contribution in [3.05, 3.63) is 59.7 Å². The van der Waals surface area contributed by atoms with Gasteiger partial charge in [0.25, 0.3) is 5.91 Å². The Kier molecular flexibility index (Phi) is 4.90. The third-order valence-corrected chi connectivity index (χ3v) is 4.42. The van der Waals surface area contributed by atoms with Gasteiger partial charge in [0.1, 0.15) is 11.6 Å². The zero-order valence-electron chi connectivity index (χ0n) is 13.1. The fourth-order valence-electron chi connectivity index (χ4n) is 3.00. The molecule has 1 amide bonds. The molecule has 3 rings (SSSR count). The van der Waals surface area contributed by atoms with Crippen LogP contribution in [0, 0.1) is 11.6 Å². The van der Waals surface area contributed by atoms with Gasteiger partial charge >= 0.3 is 0 Å². The lowest BCUT2D eigenvalue weighted by Crippen LogP contribution is -2.38. The van der Waals surface area contributed by atoms with Crippen molar-refractivity contribution in [2.75, 3.05) is 0 Å². The zero-order valence-corrected chi connectivity index (χ0v) is 13.1. The Morgan fingerprint density at radius 3 is 2.21 bits per heavy atom. The molecule has 0 atom stereocenters. The summed E-state index contributed by atoms with van der Waals surface area (Å²) in [5.74, 6) is -1.41. The summed E-state index contributed by atoms with van der Waals surface area (Å²) in [5, 5.41) is 12.3. The Hall–Kier alpha value is -2.27. The summed E-state index contributed by atoms with van der Waals surface area (Å²) in [5.41, 5.74) is 1.26. The summed E-state index contributed by atoms with van der Waals surface area (Å²) >= 11 is 0. The Morgan fingerprint density at radius 1 is 0.958 bits per heavy atom. The van der Waals surface area contributed by atoms with E-state index in [-0.39, 0.29) is 23.5 Å². The van der Waals surface area contributed by atoms with Crippen LogP contribution in [0.15, 0.2) is 42.5 Å². The molecular formula is C19H19F2NO2. The van der Waals surface area contributed by atoms with Gasteiger partial charge in [0, 0.05) is 6.04 Å². The van der Waals surface area contributed by atoms with E-state index in [1.807, 2.05) is 0 Å². The summed E-state index contributed by atoms with van der Waals surface area (Å²) in [6.45, 7) is 0. The number of carbonyl (C=O) groups is 1. The molecule has 0 heterocycles. The molecule has 1 aliphatic carbocycles. The molecule has 24 heavy (non-hydrogen) atoms. The molecule has 1 fully saturated rings. The van der Waals surface area contributed by atoms with Crippen molar-refractivity contribution in [3.63, 3.8) is 0 Å². The minimum absolute atomic E-state index is 0.00742. The quantitative estimate of drug-likeness (QED) is 0.902. The lowest BCUT2D eigenvalue weighted by Gasteiger charge is -2.26. The van der Waals surface area contributed by atoms with Crippen LogP contribution in [0.1, 0.15) is 36.0 Å². The van der Waals surface area contributed by atoms with Gasteiger partial charge in [-0.2, -0.15) is 0 Å². The number of amides is 1. The minimum atomic E-state index is -0.606. The first kappa shape index (κ1) is 16.6. The molecule has 0 bridgehead atoms. The number of halogens is 2. The summed E-state index contributed by atoms with van der Waals surface area (Å²) < 4.78 is 27.3.